The van der Waals surface area contributed by atoms with E-state index in [1.54, 1.807) is 0 Å². The molecule has 0 fully saturated rings. The van der Waals surface area contributed by atoms with Gasteiger partial charge in [0.2, 0.25) is 0 Å². The van der Waals surface area contributed by atoms with Crippen molar-refractivity contribution in [2.75, 3.05) is 5.32 Å². The van der Waals surface area contributed by atoms with Gasteiger partial charge in [0.15, 0.2) is 5.11 Å². The van der Waals surface area contributed by atoms with Gasteiger partial charge in [-0.3, -0.25) is 0 Å². The molecular weight excluding hydrogens is 311 g/mol. The molecule has 0 saturated heterocycles. The Morgan fingerprint density at radius 3 is 2.45 bits per heavy atom. The minimum Gasteiger partial charge on any atom is -0.358 e. The highest BCUT2D eigenvalue weighted by molar-refractivity contribution is 7.80. The van der Waals surface area contributed by atoms with Crippen LogP contribution in [0.5, 0.6) is 0 Å². The highest BCUT2D eigenvalue weighted by atomic mass is 35.5. The molecule has 2 N–H and O–H groups in total. The summed E-state index contributed by atoms with van der Waals surface area (Å²) in [5.74, 6) is 0. The fraction of sp³-hybridized carbons (Fsp3) is 0.133. The molecule has 0 amide bonds. The molecule has 0 heterocycles. The summed E-state index contributed by atoms with van der Waals surface area (Å²) in [4.78, 5) is 0. The monoisotopic (exact) mass is 324 g/mol. The molecule has 5 heteroatoms. The second-order valence-electron chi connectivity index (χ2n) is 4.40. The third-order valence-corrected chi connectivity index (χ3v) is 3.70. The minimum absolute atomic E-state index is 0.555. The first-order chi connectivity index (χ1) is 9.54. The van der Waals surface area contributed by atoms with Crippen LogP contribution in [0.15, 0.2) is 42.5 Å². The Balaban J connectivity index is 1.89. The van der Waals surface area contributed by atoms with E-state index in [-0.39, 0.29) is 0 Å². The molecule has 2 nitrogen and oxygen atoms in total. The van der Waals surface area contributed by atoms with Gasteiger partial charge in [-0.1, -0.05) is 41.4 Å². The number of hydrogen-bond donors (Lipinski definition) is 2. The van der Waals surface area contributed by atoms with Crippen LogP contribution in [0.4, 0.5) is 5.69 Å². The zero-order valence-corrected chi connectivity index (χ0v) is 13.2. The summed E-state index contributed by atoms with van der Waals surface area (Å²) in [6.07, 6.45) is 0. The Bertz CT molecular complexity index is 612. The first-order valence-electron chi connectivity index (χ1n) is 6.10. The molecule has 0 spiro atoms. The van der Waals surface area contributed by atoms with Gasteiger partial charge in [-0.25, -0.2) is 0 Å². The predicted molar refractivity (Wildman–Crippen MR) is 90.7 cm³/mol. The number of anilines is 1. The van der Waals surface area contributed by atoms with Crippen LogP contribution in [0.3, 0.4) is 0 Å². The lowest BCUT2D eigenvalue weighted by Gasteiger charge is -2.11. The predicted octanol–water partition coefficient (Wildman–Crippen LogP) is 4.79. The smallest absolute Gasteiger partial charge is 0.171 e. The van der Waals surface area contributed by atoms with Crippen LogP contribution >= 0.6 is 35.4 Å². The van der Waals surface area contributed by atoms with Gasteiger partial charge in [-0.15, -0.1) is 0 Å². The van der Waals surface area contributed by atoms with E-state index in [2.05, 4.69) is 10.6 Å². The summed E-state index contributed by atoms with van der Waals surface area (Å²) in [6.45, 7) is 2.60. The minimum atomic E-state index is 0.555. The molecule has 0 aromatic heterocycles. The molecule has 0 saturated carbocycles. The van der Waals surface area contributed by atoms with E-state index in [0.717, 1.165) is 26.9 Å². The van der Waals surface area contributed by atoms with Crippen molar-refractivity contribution in [2.24, 2.45) is 0 Å². The number of rotatable bonds is 3. The standard InChI is InChI=1S/C15H14Cl2N2S/c1-10-2-7-13(8-14(10)17)19-15(20)18-9-11-3-5-12(16)6-4-11/h2-8H,9H2,1H3,(H2,18,19,20). The van der Waals surface area contributed by atoms with Crippen LogP contribution in [0.1, 0.15) is 11.1 Å². The van der Waals surface area contributed by atoms with Gasteiger partial charge in [0.25, 0.3) is 0 Å². The lowest BCUT2D eigenvalue weighted by Crippen LogP contribution is -2.27. The number of nitrogens with one attached hydrogen (secondary N) is 2. The van der Waals surface area contributed by atoms with Gasteiger partial charge < -0.3 is 10.6 Å². The van der Waals surface area contributed by atoms with Crippen LogP contribution < -0.4 is 10.6 Å². The van der Waals surface area contributed by atoms with Gasteiger partial charge in [-0.05, 0) is 54.5 Å². The number of thiocarbonyl (C=S) groups is 1. The van der Waals surface area contributed by atoms with Crippen molar-refractivity contribution in [1.29, 1.82) is 0 Å². The highest BCUT2D eigenvalue weighted by Crippen LogP contribution is 2.19. The zero-order chi connectivity index (χ0) is 14.5. The highest BCUT2D eigenvalue weighted by Gasteiger charge is 2.01. The topological polar surface area (TPSA) is 24.1 Å². The molecule has 0 aliphatic carbocycles. The largest absolute Gasteiger partial charge is 0.358 e. The van der Waals surface area contributed by atoms with Crippen LogP contribution in [0.25, 0.3) is 0 Å². The maximum Gasteiger partial charge on any atom is 0.171 e. The van der Waals surface area contributed by atoms with Crippen molar-refractivity contribution in [3.05, 3.63) is 63.6 Å². The quantitative estimate of drug-likeness (QED) is 0.794. The second kappa shape index (κ2) is 6.93. The van der Waals surface area contributed by atoms with Crippen molar-refractivity contribution in [3.8, 4) is 0 Å². The first kappa shape index (κ1) is 15.1. The van der Waals surface area contributed by atoms with Gasteiger partial charge in [-0.2, -0.15) is 0 Å². The van der Waals surface area contributed by atoms with E-state index in [1.165, 1.54) is 0 Å². The van der Waals surface area contributed by atoms with Crippen molar-refractivity contribution in [3.63, 3.8) is 0 Å². The molecule has 0 aliphatic rings. The molecule has 2 aromatic carbocycles. The Kier molecular flexibility index (Phi) is 5.24. The van der Waals surface area contributed by atoms with E-state index in [1.807, 2.05) is 49.4 Å². The second-order valence-corrected chi connectivity index (χ2v) is 5.65. The van der Waals surface area contributed by atoms with Crippen LogP contribution in [0.2, 0.25) is 10.0 Å². The number of aryl methyl sites for hydroxylation is 1. The Morgan fingerprint density at radius 2 is 1.80 bits per heavy atom. The van der Waals surface area contributed by atoms with Crippen LogP contribution in [-0.2, 0) is 6.54 Å². The molecule has 0 aliphatic heterocycles. The van der Waals surface area contributed by atoms with Gasteiger partial charge in [0.1, 0.15) is 0 Å². The van der Waals surface area contributed by atoms with E-state index < -0.39 is 0 Å². The third-order valence-electron chi connectivity index (χ3n) is 2.80. The fourth-order valence-corrected chi connectivity index (χ4v) is 2.13. The summed E-state index contributed by atoms with van der Waals surface area (Å²) in [5.41, 5.74) is 3.02. The summed E-state index contributed by atoms with van der Waals surface area (Å²) >= 11 is 17.2. The maximum absolute atomic E-state index is 6.07. The Hall–Kier alpha value is -1.29. The summed E-state index contributed by atoms with van der Waals surface area (Å²) < 4.78 is 0. The summed E-state index contributed by atoms with van der Waals surface area (Å²) in [6, 6.07) is 13.4. The lowest BCUT2D eigenvalue weighted by atomic mass is 10.2. The third kappa shape index (κ3) is 4.37. The van der Waals surface area contributed by atoms with Crippen molar-refractivity contribution in [2.45, 2.75) is 13.5 Å². The fourth-order valence-electron chi connectivity index (χ4n) is 1.63. The number of hydrogen-bond acceptors (Lipinski definition) is 1. The SMILES string of the molecule is Cc1ccc(NC(=S)NCc2ccc(Cl)cc2)cc1Cl. The van der Waals surface area contributed by atoms with Gasteiger partial charge >= 0.3 is 0 Å². The average Bonchev–Trinajstić information content (AvgIpc) is 2.42. The lowest BCUT2D eigenvalue weighted by molar-refractivity contribution is 0.926. The maximum atomic E-state index is 6.07. The van der Waals surface area contributed by atoms with Gasteiger partial charge in [0.05, 0.1) is 0 Å². The Morgan fingerprint density at radius 1 is 1.10 bits per heavy atom. The van der Waals surface area contributed by atoms with Crippen LogP contribution in [-0.4, -0.2) is 5.11 Å². The molecule has 0 unspecified atom stereocenters. The molecule has 2 rings (SSSR count). The van der Waals surface area contributed by atoms with E-state index >= 15 is 0 Å². The molecule has 0 bridgehead atoms. The van der Waals surface area contributed by atoms with Crippen molar-refractivity contribution < 1.29 is 0 Å². The molecular formula is C15H14Cl2N2S. The van der Waals surface area contributed by atoms with Gasteiger partial charge in [0, 0.05) is 22.3 Å². The van der Waals surface area contributed by atoms with E-state index in [4.69, 9.17) is 35.4 Å². The summed E-state index contributed by atoms with van der Waals surface area (Å²) in [5, 5.41) is 8.24. The molecule has 0 atom stereocenters. The van der Waals surface area contributed by atoms with Crippen molar-refractivity contribution in [1.82, 2.24) is 5.32 Å². The first-order valence-corrected chi connectivity index (χ1v) is 7.26. The van der Waals surface area contributed by atoms with E-state index in [0.29, 0.717) is 11.7 Å². The molecule has 2 aromatic rings. The van der Waals surface area contributed by atoms with E-state index in [9.17, 15) is 0 Å². The average molecular weight is 325 g/mol. The number of halogens is 2. The molecule has 104 valence electrons. The molecule has 20 heavy (non-hydrogen) atoms. The molecule has 0 radical (unpaired) electrons. The normalized spacial score (nSPS) is 10.2. The zero-order valence-electron chi connectivity index (χ0n) is 10.9. The summed E-state index contributed by atoms with van der Waals surface area (Å²) in [7, 11) is 0. The van der Waals surface area contributed by atoms with Crippen LogP contribution in [0, 0.1) is 6.92 Å². The Labute approximate surface area is 134 Å². The van der Waals surface area contributed by atoms with Crippen molar-refractivity contribution >= 4 is 46.2 Å². The number of benzene rings is 2.